The van der Waals surface area contributed by atoms with E-state index in [0.29, 0.717) is 0 Å². The molecular weight excluding hydrogens is 1030 g/mol. The molecule has 0 aromatic carbocycles. The van der Waals surface area contributed by atoms with E-state index in [0.717, 1.165) is 6.54 Å². The average Bonchev–Trinajstić information content (AvgIpc) is 4.22. The second kappa shape index (κ2) is 55.4. The Hall–Kier alpha value is -2.90. The van der Waals surface area contributed by atoms with Crippen molar-refractivity contribution in [2.45, 2.75) is 216 Å². The molecule has 3 N–H and O–H groups in total. The minimum absolute atomic E-state index is 0.908. The van der Waals surface area contributed by atoms with Gasteiger partial charge in [0, 0.05) is 18.9 Å². The van der Waals surface area contributed by atoms with Gasteiger partial charge in [-0.05, 0) is 44.9 Å². The molecular formula is C52H104B3F12N8P. The summed E-state index contributed by atoms with van der Waals surface area (Å²) in [6.45, 7) is 23.1. The second-order valence-electron chi connectivity index (χ2n) is 19.2. The van der Waals surface area contributed by atoms with Gasteiger partial charge in [-0.3, -0.25) is 14.7 Å². The van der Waals surface area contributed by atoms with Crippen LogP contribution in [0.15, 0.2) is 70.9 Å². The smallest absolute Gasteiger partial charge is 0.418 e. The molecule has 0 saturated carbocycles. The monoisotopic (exact) mass is 1130 g/mol. The Morgan fingerprint density at radius 1 is 0.368 bits per heavy atom. The van der Waals surface area contributed by atoms with Crippen molar-refractivity contribution >= 4 is 48.0 Å². The maximum Gasteiger partial charge on any atom is 0.673 e. The van der Waals surface area contributed by atoms with E-state index in [9.17, 15) is 51.8 Å². The van der Waals surface area contributed by atoms with Gasteiger partial charge in [-0.25, -0.2) is 20.0 Å². The first-order chi connectivity index (χ1) is 36.0. The third-order valence-electron chi connectivity index (χ3n) is 11.9. The van der Waals surface area contributed by atoms with E-state index in [1.807, 2.05) is 56.3 Å². The van der Waals surface area contributed by atoms with Crippen molar-refractivity contribution in [3.8, 4) is 0 Å². The largest absolute Gasteiger partial charge is 0.673 e. The zero-order chi connectivity index (χ0) is 58.3. The molecule has 0 bridgehead atoms. The zero-order valence-corrected chi connectivity index (χ0v) is 49.1. The quantitative estimate of drug-likeness (QED) is 0.0286. The molecule has 0 radical (unpaired) electrons. The van der Waals surface area contributed by atoms with Gasteiger partial charge in [-0.2, -0.15) is 0 Å². The number of quaternary nitrogens is 3. The Labute approximate surface area is 454 Å². The summed E-state index contributed by atoms with van der Waals surface area (Å²) in [5.41, 5.74) is 0. The fourth-order valence-electron chi connectivity index (χ4n) is 7.76. The van der Waals surface area contributed by atoms with E-state index in [1.165, 1.54) is 188 Å². The van der Waals surface area contributed by atoms with Crippen molar-refractivity contribution in [3.05, 3.63) is 55.9 Å². The fourth-order valence-corrected chi connectivity index (χ4v) is 13.6. The molecule has 3 aliphatic rings. The van der Waals surface area contributed by atoms with Gasteiger partial charge in [0.25, 0.3) is 0 Å². The van der Waals surface area contributed by atoms with Crippen molar-refractivity contribution in [2.24, 2.45) is 15.0 Å². The van der Waals surface area contributed by atoms with Crippen LogP contribution < -0.4 is 14.7 Å². The summed E-state index contributed by atoms with van der Waals surface area (Å²) in [7, 11) is -18.9. The first-order valence-electron chi connectivity index (χ1n) is 28.7. The minimum Gasteiger partial charge on any atom is -0.418 e. The first-order valence-corrected chi connectivity index (χ1v) is 31.5. The number of halogens is 12. The Morgan fingerprint density at radius 2 is 0.645 bits per heavy atom. The SMILES string of the molecule is CCCCCC[NH+]1C=CN=C1.CCCCCC[NH+]1C=CN=C1.CCCCCC[NH+]1C=CN=C1.CCCCCC[PH](CCCC)(CCCC)CCCC.CCCCn1ccnc1.F[B-](F)(F)F.F[B-](F)(F)F.F[B-](F)(F)F. The van der Waals surface area contributed by atoms with E-state index in [4.69, 9.17) is 0 Å². The number of aryl methyl sites for hydroxylation is 1. The average molecular weight is 1130 g/mol. The van der Waals surface area contributed by atoms with Gasteiger partial charge >= 0.3 is 146 Å². The predicted octanol–water partition coefficient (Wildman–Crippen LogP) is 15.2. The summed E-state index contributed by atoms with van der Waals surface area (Å²) < 4.78 is 119. The minimum atomic E-state index is -6.00. The molecule has 4 rings (SSSR count). The maximum atomic E-state index is 9.75. The zero-order valence-electron chi connectivity index (χ0n) is 48.1. The molecule has 0 saturated heterocycles. The molecule has 3 aliphatic heterocycles. The summed E-state index contributed by atoms with van der Waals surface area (Å²) in [5.74, 6) is 0. The number of aromatic nitrogens is 2. The van der Waals surface area contributed by atoms with Gasteiger partial charge in [0.2, 0.25) is 0 Å². The molecule has 8 nitrogen and oxygen atoms in total. The normalized spacial score (nSPS) is 16.0. The van der Waals surface area contributed by atoms with E-state index in [-0.39, 0.29) is 0 Å². The van der Waals surface area contributed by atoms with Crippen molar-refractivity contribution in [2.75, 3.05) is 44.3 Å². The number of aliphatic imine (C=N–C) groups is 3. The molecule has 1 aromatic rings. The van der Waals surface area contributed by atoms with E-state index < -0.39 is 29.0 Å². The van der Waals surface area contributed by atoms with Gasteiger partial charge < -0.3 is 56.4 Å². The molecule has 0 spiro atoms. The molecule has 450 valence electrons. The topological polar surface area (TPSA) is 68.2 Å². The van der Waals surface area contributed by atoms with Crippen LogP contribution >= 0.6 is 7.26 Å². The maximum absolute atomic E-state index is 9.75. The van der Waals surface area contributed by atoms with Crippen LogP contribution in [-0.4, -0.2) is 94.6 Å². The molecule has 0 amide bonds. The predicted molar refractivity (Wildman–Crippen MR) is 307 cm³/mol. The first kappa shape index (κ1) is 79.6. The van der Waals surface area contributed by atoms with Crippen LogP contribution in [0.2, 0.25) is 0 Å². The van der Waals surface area contributed by atoms with Crippen LogP contribution in [0.3, 0.4) is 0 Å². The Kier molecular flexibility index (Phi) is 58.0. The molecule has 1 aromatic heterocycles. The number of unbranched alkanes of at least 4 members (excludes halogenated alkanes) is 16. The Bertz CT molecular complexity index is 1350. The van der Waals surface area contributed by atoms with Crippen molar-refractivity contribution < 1.29 is 66.5 Å². The fraction of sp³-hybridized carbons (Fsp3) is 0.769. The molecule has 3 unspecified atom stereocenters. The third-order valence-corrected chi connectivity index (χ3v) is 17.5. The van der Waals surface area contributed by atoms with E-state index in [1.54, 1.807) is 24.6 Å². The van der Waals surface area contributed by atoms with Gasteiger partial charge in [0.1, 0.15) is 18.6 Å². The summed E-state index contributed by atoms with van der Waals surface area (Å²) in [4.78, 5) is 20.2. The number of hydrogen-bond acceptors (Lipinski definition) is 4. The van der Waals surface area contributed by atoms with Crippen LogP contribution in [0, 0.1) is 0 Å². The molecule has 3 atom stereocenters. The van der Waals surface area contributed by atoms with E-state index >= 15 is 0 Å². The summed E-state index contributed by atoms with van der Waals surface area (Å²) in [6, 6.07) is 0. The summed E-state index contributed by atoms with van der Waals surface area (Å²) in [5, 5.41) is 0. The van der Waals surface area contributed by atoms with Crippen LogP contribution in [0.25, 0.3) is 0 Å². The molecule has 0 aliphatic carbocycles. The van der Waals surface area contributed by atoms with E-state index in [2.05, 4.69) is 98.5 Å². The van der Waals surface area contributed by atoms with Crippen molar-refractivity contribution in [1.29, 1.82) is 0 Å². The van der Waals surface area contributed by atoms with Crippen LogP contribution in [0.5, 0.6) is 0 Å². The standard InChI is InChI=1S/C18H41P.3C9H16N2.C7H12N2.3BF4/c1-5-9-13-14-18-19(15-10-6-2,16-11-7-3)17-12-8-4;3*1-2-3-4-5-7-11-8-6-10-9-11;1-2-3-5-9-6-4-8-7-9;3*2-1(3,4)5/h19H,5-18H2,1-4H3;3*6,8-9H,2-5,7H2,1H3;4,6-7H,2-3,5H2,1H3;;;/q;;;;;3*-1/p+3. The number of imidazole rings is 1. The molecule has 0 fully saturated rings. The van der Waals surface area contributed by atoms with Gasteiger partial charge in [-0.1, -0.05) is 72.6 Å². The van der Waals surface area contributed by atoms with Crippen LogP contribution in [-0.2, 0) is 6.54 Å². The third kappa shape index (κ3) is 73.2. The second-order valence-corrected chi connectivity index (χ2v) is 24.2. The number of nitrogens with one attached hydrogen (secondary N) is 3. The van der Waals surface area contributed by atoms with Crippen LogP contribution in [0.1, 0.15) is 209 Å². The summed E-state index contributed by atoms with van der Waals surface area (Å²) >= 11 is 0. The van der Waals surface area contributed by atoms with Crippen molar-refractivity contribution in [3.63, 3.8) is 0 Å². The van der Waals surface area contributed by atoms with Gasteiger partial charge in [0.15, 0.2) is 19.0 Å². The molecule has 24 heteroatoms. The summed E-state index contributed by atoms with van der Waals surface area (Å²) in [6.07, 6.45) is 63.2. The number of hydrogen-bond donors (Lipinski definition) is 3. The Morgan fingerprint density at radius 3 is 0.882 bits per heavy atom. The molecule has 76 heavy (non-hydrogen) atoms. The van der Waals surface area contributed by atoms with Crippen molar-refractivity contribution in [1.82, 2.24) is 9.55 Å². The molecule has 4 heterocycles. The van der Waals surface area contributed by atoms with Crippen LogP contribution in [0.4, 0.5) is 51.8 Å². The van der Waals surface area contributed by atoms with Gasteiger partial charge in [-0.15, -0.1) is 0 Å². The van der Waals surface area contributed by atoms with Gasteiger partial charge in [0.05, 0.1) is 44.6 Å². The number of nitrogens with zero attached hydrogens (tertiary/aromatic N) is 5. The Balaban J connectivity index is -0.000000406. The number of rotatable bonds is 32.